The molecule has 0 saturated carbocycles. The molecule has 0 spiro atoms. The zero-order valence-electron chi connectivity index (χ0n) is 8.03. The number of hydrogen-bond donors (Lipinski definition) is 1. The fourth-order valence-corrected chi connectivity index (χ4v) is 3.55. The van der Waals surface area contributed by atoms with Crippen LogP contribution < -0.4 is 0 Å². The van der Waals surface area contributed by atoms with E-state index in [1.807, 2.05) is 36.0 Å². The molecule has 1 saturated heterocycles. The Labute approximate surface area is 97.0 Å². The van der Waals surface area contributed by atoms with Crippen molar-refractivity contribution in [3.05, 3.63) is 34.3 Å². The van der Waals surface area contributed by atoms with Crippen LogP contribution in [-0.4, -0.2) is 16.6 Å². The smallest absolute Gasteiger partial charge is 0.102 e. The van der Waals surface area contributed by atoms with Crippen molar-refractivity contribution in [2.45, 2.75) is 12.5 Å². The molecule has 0 aromatic heterocycles. The van der Waals surface area contributed by atoms with E-state index >= 15 is 0 Å². The summed E-state index contributed by atoms with van der Waals surface area (Å²) in [5.74, 6) is 2.20. The summed E-state index contributed by atoms with van der Waals surface area (Å²) in [5.41, 5.74) is 0.420. The minimum Gasteiger partial charge on any atom is -0.384 e. The quantitative estimate of drug-likeness (QED) is 0.848. The van der Waals surface area contributed by atoms with Crippen LogP contribution in [-0.2, 0) is 5.60 Å². The summed E-state index contributed by atoms with van der Waals surface area (Å²) >= 11 is 5.23. The van der Waals surface area contributed by atoms with Gasteiger partial charge in [-0.1, -0.05) is 35.0 Å². The first kappa shape index (κ1) is 10.5. The van der Waals surface area contributed by atoms with Crippen molar-refractivity contribution in [3.8, 4) is 0 Å². The predicted molar refractivity (Wildman–Crippen MR) is 64.5 cm³/mol. The summed E-state index contributed by atoms with van der Waals surface area (Å²) in [4.78, 5) is 0. The first-order chi connectivity index (χ1) is 6.63. The van der Waals surface area contributed by atoms with Gasteiger partial charge in [-0.2, -0.15) is 11.8 Å². The molecule has 1 nitrogen and oxygen atoms in total. The summed E-state index contributed by atoms with van der Waals surface area (Å²) < 4.78 is 1.06. The second kappa shape index (κ2) is 3.87. The number of thioether (sulfide) groups is 1. The predicted octanol–water partition coefficient (Wildman–Crippen LogP) is 3.02. The number of aliphatic hydroxyl groups is 1. The van der Waals surface area contributed by atoms with Gasteiger partial charge in [0.1, 0.15) is 5.60 Å². The van der Waals surface area contributed by atoms with Gasteiger partial charge in [-0.15, -0.1) is 0 Å². The van der Waals surface area contributed by atoms with Crippen LogP contribution >= 0.6 is 27.7 Å². The lowest BCUT2D eigenvalue weighted by Crippen LogP contribution is -2.32. The average Bonchev–Trinajstić information content (AvgIpc) is 2.49. The van der Waals surface area contributed by atoms with Gasteiger partial charge in [0.15, 0.2) is 0 Å². The Hall–Kier alpha value is 0.01000. The van der Waals surface area contributed by atoms with Crippen LogP contribution in [0.4, 0.5) is 0 Å². The monoisotopic (exact) mass is 272 g/mol. The van der Waals surface area contributed by atoms with Crippen molar-refractivity contribution in [1.29, 1.82) is 0 Å². The van der Waals surface area contributed by atoms with Gasteiger partial charge in [0.05, 0.1) is 0 Å². The third-order valence-electron chi connectivity index (χ3n) is 2.85. The summed E-state index contributed by atoms with van der Waals surface area (Å²) in [6.07, 6.45) is 0. The minimum absolute atomic E-state index is 0.341. The van der Waals surface area contributed by atoms with Crippen LogP contribution in [0, 0.1) is 5.92 Å². The maximum atomic E-state index is 10.5. The molecule has 0 amide bonds. The number of halogens is 1. The minimum atomic E-state index is -0.620. The van der Waals surface area contributed by atoms with Gasteiger partial charge in [0, 0.05) is 10.2 Å². The average molecular weight is 273 g/mol. The second-order valence-electron chi connectivity index (χ2n) is 3.85. The molecular weight excluding hydrogens is 260 g/mol. The van der Waals surface area contributed by atoms with Crippen molar-refractivity contribution in [3.63, 3.8) is 0 Å². The number of benzene rings is 1. The van der Waals surface area contributed by atoms with Gasteiger partial charge < -0.3 is 5.11 Å². The highest BCUT2D eigenvalue weighted by Crippen LogP contribution is 2.41. The molecule has 2 rings (SSSR count). The van der Waals surface area contributed by atoms with Crippen molar-refractivity contribution in [2.24, 2.45) is 5.92 Å². The molecule has 76 valence electrons. The maximum absolute atomic E-state index is 10.5. The molecule has 14 heavy (non-hydrogen) atoms. The van der Waals surface area contributed by atoms with Crippen molar-refractivity contribution >= 4 is 27.7 Å². The Bertz CT molecular complexity index is 325. The number of hydrogen-bond acceptors (Lipinski definition) is 2. The molecule has 1 fully saturated rings. The molecular formula is C11H13BrOS. The third kappa shape index (κ3) is 1.73. The summed E-state index contributed by atoms with van der Waals surface area (Å²) in [6, 6.07) is 7.99. The zero-order valence-corrected chi connectivity index (χ0v) is 10.4. The van der Waals surface area contributed by atoms with Crippen LogP contribution in [0.5, 0.6) is 0 Å². The second-order valence-corrected chi connectivity index (χ2v) is 5.79. The first-order valence-electron chi connectivity index (χ1n) is 4.69. The molecule has 1 aromatic carbocycles. The van der Waals surface area contributed by atoms with E-state index in [0.717, 1.165) is 21.5 Å². The summed E-state index contributed by atoms with van der Waals surface area (Å²) in [7, 11) is 0. The molecule has 0 aliphatic carbocycles. The highest BCUT2D eigenvalue weighted by molar-refractivity contribution is 9.10. The molecule has 0 radical (unpaired) electrons. The van der Waals surface area contributed by atoms with E-state index in [9.17, 15) is 5.11 Å². The molecule has 1 aliphatic rings. The summed E-state index contributed by atoms with van der Waals surface area (Å²) in [6.45, 7) is 2.11. The lowest BCUT2D eigenvalue weighted by Gasteiger charge is -2.27. The normalized spacial score (nSPS) is 32.1. The summed E-state index contributed by atoms with van der Waals surface area (Å²) in [5, 5.41) is 10.5. The molecule has 0 bridgehead atoms. The van der Waals surface area contributed by atoms with E-state index in [1.54, 1.807) is 0 Å². The van der Waals surface area contributed by atoms with Gasteiger partial charge in [-0.25, -0.2) is 0 Å². The van der Waals surface area contributed by atoms with Gasteiger partial charge in [0.25, 0.3) is 0 Å². The van der Waals surface area contributed by atoms with Crippen molar-refractivity contribution in [1.82, 2.24) is 0 Å². The van der Waals surface area contributed by atoms with E-state index in [0.29, 0.717) is 5.92 Å². The van der Waals surface area contributed by atoms with Crippen LogP contribution in [0.15, 0.2) is 28.7 Å². The van der Waals surface area contributed by atoms with Crippen LogP contribution in [0.25, 0.3) is 0 Å². The largest absolute Gasteiger partial charge is 0.384 e. The fraction of sp³-hybridized carbons (Fsp3) is 0.455. The standard InChI is InChI=1S/C11H13BrOS/c1-8-6-14-7-11(8,13)9-2-4-10(12)5-3-9/h2-5,8,13H,6-7H2,1H3/t8-,11-/m0/s1. The van der Waals surface area contributed by atoms with Gasteiger partial charge in [0.2, 0.25) is 0 Å². The highest BCUT2D eigenvalue weighted by Gasteiger charge is 2.40. The van der Waals surface area contributed by atoms with Crippen molar-refractivity contribution < 1.29 is 5.11 Å². The first-order valence-corrected chi connectivity index (χ1v) is 6.64. The van der Waals surface area contributed by atoms with E-state index < -0.39 is 5.60 Å². The zero-order chi connectivity index (χ0) is 10.2. The van der Waals surface area contributed by atoms with E-state index in [2.05, 4.69) is 22.9 Å². The van der Waals surface area contributed by atoms with Gasteiger partial charge in [-0.05, 0) is 29.4 Å². The molecule has 3 heteroatoms. The molecule has 0 unspecified atom stereocenters. The third-order valence-corrected chi connectivity index (χ3v) is 4.76. The maximum Gasteiger partial charge on any atom is 0.102 e. The molecule has 1 aromatic rings. The Morgan fingerprint density at radius 1 is 1.43 bits per heavy atom. The lowest BCUT2D eigenvalue weighted by atomic mass is 9.85. The van der Waals surface area contributed by atoms with E-state index in [1.165, 1.54) is 0 Å². The molecule has 1 aliphatic heterocycles. The van der Waals surface area contributed by atoms with Gasteiger partial charge >= 0.3 is 0 Å². The van der Waals surface area contributed by atoms with E-state index in [4.69, 9.17) is 0 Å². The Morgan fingerprint density at radius 3 is 2.57 bits per heavy atom. The SMILES string of the molecule is C[C@H]1CSC[C@@]1(O)c1ccc(Br)cc1. The topological polar surface area (TPSA) is 20.2 Å². The van der Waals surface area contributed by atoms with Gasteiger partial charge in [-0.3, -0.25) is 0 Å². The van der Waals surface area contributed by atoms with Crippen LogP contribution in [0.1, 0.15) is 12.5 Å². The van der Waals surface area contributed by atoms with E-state index in [-0.39, 0.29) is 0 Å². The lowest BCUT2D eigenvalue weighted by molar-refractivity contribution is 0.0234. The van der Waals surface area contributed by atoms with Crippen LogP contribution in [0.3, 0.4) is 0 Å². The fourth-order valence-electron chi connectivity index (χ4n) is 1.78. The molecule has 1 heterocycles. The highest BCUT2D eigenvalue weighted by atomic mass is 79.9. The van der Waals surface area contributed by atoms with Crippen LogP contribution in [0.2, 0.25) is 0 Å². The molecule has 1 N–H and O–H groups in total. The number of rotatable bonds is 1. The Morgan fingerprint density at radius 2 is 2.07 bits per heavy atom. The Balaban J connectivity index is 2.34. The Kier molecular flexibility index (Phi) is 2.91. The molecule has 2 atom stereocenters. The van der Waals surface area contributed by atoms with Crippen molar-refractivity contribution in [2.75, 3.05) is 11.5 Å².